The van der Waals surface area contributed by atoms with Crippen LogP contribution in [0.2, 0.25) is 0 Å². The molecule has 0 aliphatic carbocycles. The third-order valence-corrected chi connectivity index (χ3v) is 15.7. The molecule has 0 aliphatic rings. The lowest BCUT2D eigenvalue weighted by Crippen LogP contribution is -2.30. The van der Waals surface area contributed by atoms with Crippen molar-refractivity contribution in [2.75, 3.05) is 13.2 Å². The molecule has 0 saturated carbocycles. The van der Waals surface area contributed by atoms with E-state index in [0.29, 0.717) is 19.3 Å². The Bertz CT molecular complexity index is 1490. The number of hydrogen-bond donors (Lipinski definition) is 0. The summed E-state index contributed by atoms with van der Waals surface area (Å²) in [6, 6.07) is 0. The van der Waals surface area contributed by atoms with Crippen molar-refractivity contribution in [3.63, 3.8) is 0 Å². The second kappa shape index (κ2) is 69.3. The van der Waals surface area contributed by atoms with Gasteiger partial charge in [-0.25, -0.2) is 0 Å². The molecule has 81 heavy (non-hydrogen) atoms. The highest BCUT2D eigenvalue weighted by molar-refractivity contribution is 5.71. The fourth-order valence-corrected chi connectivity index (χ4v) is 10.4. The van der Waals surface area contributed by atoms with Crippen molar-refractivity contribution < 1.29 is 28.6 Å². The first-order chi connectivity index (χ1) is 40.0. The summed E-state index contributed by atoms with van der Waals surface area (Å²) in [5.74, 6) is -0.867. The van der Waals surface area contributed by atoms with Crippen molar-refractivity contribution in [1.82, 2.24) is 0 Å². The lowest BCUT2D eigenvalue weighted by atomic mass is 10.0. The zero-order valence-corrected chi connectivity index (χ0v) is 54.1. The van der Waals surface area contributed by atoms with Crippen LogP contribution in [0.3, 0.4) is 0 Å². The van der Waals surface area contributed by atoms with Crippen molar-refractivity contribution in [2.45, 2.75) is 374 Å². The van der Waals surface area contributed by atoms with Crippen LogP contribution in [0.1, 0.15) is 367 Å². The topological polar surface area (TPSA) is 78.9 Å². The van der Waals surface area contributed by atoms with Gasteiger partial charge in [0.05, 0.1) is 0 Å². The molecular weight excluding hydrogens is 997 g/mol. The molecule has 0 fully saturated rings. The molecule has 0 aromatic carbocycles. The monoisotopic (exact) mass is 1130 g/mol. The molecule has 0 saturated heterocycles. The number of carbonyl (C=O) groups is 3. The van der Waals surface area contributed by atoms with Gasteiger partial charge in [0.25, 0.3) is 0 Å². The summed E-state index contributed by atoms with van der Waals surface area (Å²) in [5, 5.41) is 0. The van der Waals surface area contributed by atoms with E-state index in [4.69, 9.17) is 14.2 Å². The van der Waals surface area contributed by atoms with Gasteiger partial charge in [-0.3, -0.25) is 14.4 Å². The van der Waals surface area contributed by atoms with Gasteiger partial charge in [0.1, 0.15) is 13.2 Å². The Labute approximate surface area is 503 Å². The number of unbranched alkanes of at least 4 members (excludes halogenated alkanes) is 42. The summed E-state index contributed by atoms with van der Waals surface area (Å²) in [6.07, 6.45) is 90.9. The van der Waals surface area contributed by atoms with Crippen molar-refractivity contribution in [3.8, 4) is 0 Å². The summed E-state index contributed by atoms with van der Waals surface area (Å²) in [4.78, 5) is 38.3. The van der Waals surface area contributed by atoms with E-state index >= 15 is 0 Å². The number of rotatable bonds is 65. The summed E-state index contributed by atoms with van der Waals surface area (Å²) >= 11 is 0. The van der Waals surface area contributed by atoms with Crippen LogP contribution < -0.4 is 0 Å². The lowest BCUT2D eigenvalue weighted by Gasteiger charge is -2.18. The van der Waals surface area contributed by atoms with E-state index in [9.17, 15) is 14.4 Å². The molecule has 1 atom stereocenters. The van der Waals surface area contributed by atoms with Crippen LogP contribution in [0.25, 0.3) is 0 Å². The van der Waals surface area contributed by atoms with Crippen molar-refractivity contribution in [2.24, 2.45) is 0 Å². The minimum atomic E-state index is -0.779. The Morgan fingerprint density at radius 2 is 0.481 bits per heavy atom. The summed E-state index contributed by atoms with van der Waals surface area (Å²) in [6.45, 7) is 6.54. The van der Waals surface area contributed by atoms with Gasteiger partial charge in [0.15, 0.2) is 6.10 Å². The summed E-state index contributed by atoms with van der Waals surface area (Å²) in [5.41, 5.74) is 0. The first-order valence-electron chi connectivity index (χ1n) is 35.4. The maximum absolute atomic E-state index is 12.9. The molecule has 0 aliphatic heterocycles. The standard InChI is InChI=1S/C75H134O6/c1-4-7-10-13-16-19-22-25-27-29-30-31-32-33-34-35-36-37-38-39-40-41-42-43-44-45-46-47-49-50-53-56-59-62-65-68-74(77)80-71-72(70-79-73(76)67-64-61-58-55-52-24-21-18-15-12-9-6-3)81-75(78)69-66-63-60-57-54-51-48-28-26-23-20-17-14-11-8-5-2/h7,10,16,19-20,23,25,27-28,30-31,48,72H,4-6,8-9,11-15,17-18,21-22,24,26,29,32-47,49-71H2,1-3H3/b10-7-,19-16-,23-20-,27-25-,31-30-,48-28-. The number of esters is 3. The van der Waals surface area contributed by atoms with Crippen LogP contribution in [-0.2, 0) is 28.6 Å². The molecule has 1 unspecified atom stereocenters. The highest BCUT2D eigenvalue weighted by atomic mass is 16.6. The Kier molecular flexibility index (Phi) is 66.6. The Morgan fingerprint density at radius 3 is 0.765 bits per heavy atom. The van der Waals surface area contributed by atoms with Crippen LogP contribution in [-0.4, -0.2) is 37.2 Å². The zero-order chi connectivity index (χ0) is 58.5. The molecular formula is C75H134O6. The second-order valence-electron chi connectivity index (χ2n) is 23.8. The third kappa shape index (κ3) is 67.5. The normalized spacial score (nSPS) is 12.5. The van der Waals surface area contributed by atoms with Crippen molar-refractivity contribution in [3.05, 3.63) is 72.9 Å². The van der Waals surface area contributed by atoms with Gasteiger partial charge in [0.2, 0.25) is 0 Å². The van der Waals surface area contributed by atoms with Crippen LogP contribution in [0.5, 0.6) is 0 Å². The number of carbonyl (C=O) groups excluding carboxylic acids is 3. The van der Waals surface area contributed by atoms with Crippen LogP contribution in [0.15, 0.2) is 72.9 Å². The van der Waals surface area contributed by atoms with Crippen LogP contribution in [0, 0.1) is 0 Å². The van der Waals surface area contributed by atoms with E-state index in [1.54, 1.807) is 0 Å². The second-order valence-corrected chi connectivity index (χ2v) is 23.8. The van der Waals surface area contributed by atoms with Gasteiger partial charge >= 0.3 is 17.9 Å². The molecule has 0 rings (SSSR count). The van der Waals surface area contributed by atoms with Gasteiger partial charge in [-0.05, 0) is 89.9 Å². The lowest BCUT2D eigenvalue weighted by molar-refractivity contribution is -0.167. The van der Waals surface area contributed by atoms with Crippen molar-refractivity contribution >= 4 is 17.9 Å². The molecule has 0 aromatic heterocycles. The average molecular weight is 1130 g/mol. The molecule has 6 heteroatoms. The third-order valence-electron chi connectivity index (χ3n) is 15.7. The zero-order valence-electron chi connectivity index (χ0n) is 54.1. The SMILES string of the molecule is CC/C=C\C/C=C\C/C=C\C/C=C\CCCCCCCCCCCCCCCCCCCCCCCCC(=O)OCC(COC(=O)CCCCCCCCCCCCCC)OC(=O)CCCCCCC/C=C\C/C=C\CCCCCC. The highest BCUT2D eigenvalue weighted by Crippen LogP contribution is 2.18. The van der Waals surface area contributed by atoms with Gasteiger partial charge < -0.3 is 14.2 Å². The number of allylic oxidation sites excluding steroid dienone is 12. The van der Waals surface area contributed by atoms with E-state index in [1.807, 2.05) is 0 Å². The number of ether oxygens (including phenoxy) is 3. The van der Waals surface area contributed by atoms with Gasteiger partial charge in [-0.2, -0.15) is 0 Å². The van der Waals surface area contributed by atoms with Gasteiger partial charge in [0, 0.05) is 19.3 Å². The average Bonchev–Trinajstić information content (AvgIpc) is 3.47. The highest BCUT2D eigenvalue weighted by Gasteiger charge is 2.19. The molecule has 0 spiro atoms. The maximum Gasteiger partial charge on any atom is 0.306 e. The minimum absolute atomic E-state index is 0.0747. The van der Waals surface area contributed by atoms with E-state index in [0.717, 1.165) is 109 Å². The smallest absolute Gasteiger partial charge is 0.306 e. The van der Waals surface area contributed by atoms with E-state index in [2.05, 4.69) is 93.7 Å². The number of hydrogen-bond acceptors (Lipinski definition) is 6. The molecule has 470 valence electrons. The quantitative estimate of drug-likeness (QED) is 0.0261. The molecule has 0 N–H and O–H groups in total. The predicted molar refractivity (Wildman–Crippen MR) is 353 cm³/mol. The first kappa shape index (κ1) is 77.9. The Hall–Kier alpha value is -3.15. The van der Waals surface area contributed by atoms with E-state index in [1.165, 1.54) is 218 Å². The summed E-state index contributed by atoms with van der Waals surface area (Å²) < 4.78 is 16.9. The fraction of sp³-hybridized carbons (Fsp3) is 0.800. The largest absolute Gasteiger partial charge is 0.462 e. The summed E-state index contributed by atoms with van der Waals surface area (Å²) in [7, 11) is 0. The molecule has 6 nitrogen and oxygen atoms in total. The molecule has 0 bridgehead atoms. The molecule has 0 heterocycles. The van der Waals surface area contributed by atoms with E-state index < -0.39 is 6.10 Å². The first-order valence-corrected chi connectivity index (χ1v) is 35.4. The Balaban J connectivity index is 4.08. The van der Waals surface area contributed by atoms with Crippen LogP contribution in [0.4, 0.5) is 0 Å². The molecule has 0 radical (unpaired) electrons. The van der Waals surface area contributed by atoms with E-state index in [-0.39, 0.29) is 31.1 Å². The fourth-order valence-electron chi connectivity index (χ4n) is 10.4. The van der Waals surface area contributed by atoms with Gasteiger partial charge in [-0.15, -0.1) is 0 Å². The predicted octanol–water partition coefficient (Wildman–Crippen LogP) is 24.4. The maximum atomic E-state index is 12.9. The van der Waals surface area contributed by atoms with Crippen molar-refractivity contribution in [1.29, 1.82) is 0 Å². The Morgan fingerprint density at radius 1 is 0.259 bits per heavy atom. The molecule has 0 amide bonds. The van der Waals surface area contributed by atoms with Crippen LogP contribution >= 0.6 is 0 Å². The van der Waals surface area contributed by atoms with Gasteiger partial charge in [-0.1, -0.05) is 331 Å². The molecule has 0 aromatic rings. The minimum Gasteiger partial charge on any atom is -0.462 e.